The zero-order valence-corrected chi connectivity index (χ0v) is 20.1. The Labute approximate surface area is 190 Å². The molecule has 14 heteroatoms. The summed E-state index contributed by atoms with van der Waals surface area (Å²) >= 11 is 2.43. The van der Waals surface area contributed by atoms with Crippen molar-refractivity contribution in [1.29, 1.82) is 0 Å². The van der Waals surface area contributed by atoms with E-state index in [-0.39, 0.29) is 9.79 Å². The minimum absolute atomic E-state index is 0.199. The summed E-state index contributed by atoms with van der Waals surface area (Å²) in [5, 5.41) is 8.71. The van der Waals surface area contributed by atoms with E-state index in [1.807, 2.05) is 23.0 Å². The van der Waals surface area contributed by atoms with Crippen LogP contribution in [0.1, 0.15) is 13.8 Å². The number of thiazole rings is 2. The van der Waals surface area contributed by atoms with E-state index >= 15 is 0 Å². The van der Waals surface area contributed by atoms with Crippen molar-refractivity contribution in [3.63, 3.8) is 0 Å². The van der Waals surface area contributed by atoms with Gasteiger partial charge in [-0.05, 0) is 50.2 Å². The Kier molecular flexibility index (Phi) is 5.85. The molecule has 32 heavy (non-hydrogen) atoms. The third kappa shape index (κ3) is 4.16. The van der Waals surface area contributed by atoms with Crippen LogP contribution in [0.5, 0.6) is 0 Å². The van der Waals surface area contributed by atoms with Crippen LogP contribution in [0.15, 0.2) is 56.4 Å². The molecule has 2 aromatic heterocycles. The van der Waals surface area contributed by atoms with Gasteiger partial charge in [-0.25, -0.2) is 8.42 Å². The molecular formula is C18H17N4O6S4-. The van der Waals surface area contributed by atoms with E-state index in [0.29, 0.717) is 32.1 Å². The summed E-state index contributed by atoms with van der Waals surface area (Å²) in [6, 6.07) is 8.49. The first-order valence-corrected chi connectivity index (χ1v) is 13.8. The van der Waals surface area contributed by atoms with Crippen LogP contribution >= 0.6 is 22.7 Å². The van der Waals surface area contributed by atoms with Crippen LogP contribution in [0, 0.1) is 0 Å². The number of rotatable bonds is 5. The Balaban J connectivity index is 1.93. The maximum Gasteiger partial charge on any atom is 0.294 e. The maximum atomic E-state index is 11.4. The van der Waals surface area contributed by atoms with E-state index in [1.165, 1.54) is 46.9 Å². The van der Waals surface area contributed by atoms with E-state index in [1.54, 1.807) is 12.1 Å². The normalized spacial score (nSPS) is 14.1. The summed E-state index contributed by atoms with van der Waals surface area (Å²) in [5.41, 5.74) is 1.49. The van der Waals surface area contributed by atoms with Gasteiger partial charge in [0.1, 0.15) is 10.1 Å². The number of fused-ring (bicyclic) bond motifs is 2. The number of nitrogens with zero attached hydrogens (tertiary/aromatic N) is 4. The Morgan fingerprint density at radius 1 is 0.844 bits per heavy atom. The van der Waals surface area contributed by atoms with E-state index < -0.39 is 20.2 Å². The molecule has 1 N–H and O–H groups in total. The Hall–Kier alpha value is -2.36. The molecule has 0 amide bonds. The van der Waals surface area contributed by atoms with Gasteiger partial charge >= 0.3 is 0 Å². The van der Waals surface area contributed by atoms with Crippen molar-refractivity contribution < 1.29 is 25.9 Å². The van der Waals surface area contributed by atoms with Crippen LogP contribution in [-0.2, 0) is 33.3 Å². The highest BCUT2D eigenvalue weighted by molar-refractivity contribution is 7.86. The Morgan fingerprint density at radius 3 is 1.69 bits per heavy atom. The van der Waals surface area contributed by atoms with Gasteiger partial charge in [-0.1, -0.05) is 22.7 Å². The number of benzene rings is 2. The number of aromatic nitrogens is 2. The Morgan fingerprint density at radius 2 is 1.28 bits per heavy atom. The summed E-state index contributed by atoms with van der Waals surface area (Å²) in [7, 11) is -8.89. The SMILES string of the molecule is CCn1/c(=N\N=c2\sc3cc(S(=O)(=O)O)ccc3n2CC)sc2cc(S(=O)(=O)[O-])ccc21. The minimum Gasteiger partial charge on any atom is -0.744 e. The van der Waals surface area contributed by atoms with Gasteiger partial charge in [-0.2, -0.15) is 8.42 Å². The highest BCUT2D eigenvalue weighted by Crippen LogP contribution is 2.23. The van der Waals surface area contributed by atoms with Crippen LogP contribution in [0.2, 0.25) is 0 Å². The molecule has 0 atom stereocenters. The fraction of sp³-hybridized carbons (Fsp3) is 0.222. The molecular weight excluding hydrogens is 496 g/mol. The molecule has 10 nitrogen and oxygen atoms in total. The van der Waals surface area contributed by atoms with Crippen molar-refractivity contribution in [1.82, 2.24) is 9.13 Å². The molecule has 0 saturated heterocycles. The monoisotopic (exact) mass is 513 g/mol. The van der Waals surface area contributed by atoms with Gasteiger partial charge in [0.25, 0.3) is 10.1 Å². The third-order valence-electron chi connectivity index (χ3n) is 4.75. The summed E-state index contributed by atoms with van der Waals surface area (Å²) in [6.45, 7) is 4.94. The van der Waals surface area contributed by atoms with Crippen molar-refractivity contribution in [2.45, 2.75) is 36.7 Å². The first-order chi connectivity index (χ1) is 15.0. The lowest BCUT2D eigenvalue weighted by Crippen LogP contribution is -2.16. The number of hydrogen-bond donors (Lipinski definition) is 1. The first kappa shape index (κ1) is 22.8. The van der Waals surface area contributed by atoms with Crippen molar-refractivity contribution in [2.75, 3.05) is 0 Å². The number of aryl methyl sites for hydroxylation is 2. The predicted octanol–water partition coefficient (Wildman–Crippen LogP) is 2.33. The number of hydrogen-bond acceptors (Lipinski definition) is 9. The summed E-state index contributed by atoms with van der Waals surface area (Å²) in [4.78, 5) is 0.538. The smallest absolute Gasteiger partial charge is 0.294 e. The van der Waals surface area contributed by atoms with Gasteiger partial charge in [0.05, 0.1) is 30.2 Å². The molecule has 2 heterocycles. The van der Waals surface area contributed by atoms with Gasteiger partial charge in [-0.3, -0.25) is 4.55 Å². The van der Waals surface area contributed by atoms with Gasteiger partial charge in [0.2, 0.25) is 9.60 Å². The molecule has 0 aliphatic heterocycles. The average Bonchev–Trinajstić information content (AvgIpc) is 3.26. The van der Waals surface area contributed by atoms with Crippen molar-refractivity contribution in [2.24, 2.45) is 10.2 Å². The van der Waals surface area contributed by atoms with Crippen LogP contribution in [0.3, 0.4) is 0 Å². The van der Waals surface area contributed by atoms with Gasteiger partial charge in [0.15, 0.2) is 0 Å². The van der Waals surface area contributed by atoms with Crippen LogP contribution in [-0.4, -0.2) is 35.1 Å². The average molecular weight is 514 g/mol. The topological polar surface area (TPSA) is 146 Å². The maximum absolute atomic E-state index is 11.4. The fourth-order valence-electron chi connectivity index (χ4n) is 3.27. The zero-order chi connectivity index (χ0) is 23.3. The van der Waals surface area contributed by atoms with Crippen molar-refractivity contribution >= 4 is 63.3 Å². The molecule has 2 aromatic carbocycles. The Bertz CT molecular complexity index is 1580. The predicted molar refractivity (Wildman–Crippen MR) is 120 cm³/mol. The lowest BCUT2D eigenvalue weighted by Gasteiger charge is -2.06. The largest absolute Gasteiger partial charge is 0.744 e. The van der Waals surface area contributed by atoms with Crippen LogP contribution in [0.25, 0.3) is 20.4 Å². The summed E-state index contributed by atoms with van der Waals surface area (Å²) < 4.78 is 71.1. The van der Waals surface area contributed by atoms with Crippen molar-refractivity contribution in [3.05, 3.63) is 46.0 Å². The first-order valence-electron chi connectivity index (χ1n) is 9.31. The molecule has 0 aliphatic carbocycles. The fourth-order valence-corrected chi connectivity index (χ4v) is 6.60. The third-order valence-corrected chi connectivity index (χ3v) is 8.49. The second-order valence-corrected chi connectivity index (χ2v) is 11.5. The minimum atomic E-state index is -4.57. The summed E-state index contributed by atoms with van der Waals surface area (Å²) in [5.74, 6) is 0. The highest BCUT2D eigenvalue weighted by atomic mass is 32.2. The van der Waals surface area contributed by atoms with Crippen LogP contribution in [0.4, 0.5) is 0 Å². The molecule has 0 bridgehead atoms. The molecule has 170 valence electrons. The standard InChI is InChI=1S/C18H18N4O6S4/c1-3-21-13-7-5-11(31(23,24)25)9-15(13)29-17(21)19-20-18-22(4-2)14-8-6-12(32(26,27)28)10-16(14)30-18/h5-10H,3-4H2,1-2H3,(H,23,24,25)(H,26,27,28)/p-1/b19-17+,20-18+. The summed E-state index contributed by atoms with van der Waals surface area (Å²) in [6.07, 6.45) is 0. The lowest BCUT2D eigenvalue weighted by molar-refractivity contribution is 0.463. The molecule has 4 rings (SSSR count). The second-order valence-electron chi connectivity index (χ2n) is 6.65. The molecule has 0 aliphatic rings. The lowest BCUT2D eigenvalue weighted by atomic mass is 10.3. The molecule has 0 spiro atoms. The van der Waals surface area contributed by atoms with E-state index in [4.69, 9.17) is 0 Å². The quantitative estimate of drug-likeness (QED) is 0.320. The molecule has 0 fully saturated rings. The van der Waals surface area contributed by atoms with E-state index in [0.717, 1.165) is 11.0 Å². The zero-order valence-electron chi connectivity index (χ0n) is 16.8. The van der Waals surface area contributed by atoms with Gasteiger partial charge in [0, 0.05) is 13.1 Å². The van der Waals surface area contributed by atoms with Gasteiger partial charge in [-0.15, -0.1) is 10.2 Å². The van der Waals surface area contributed by atoms with E-state index in [2.05, 4.69) is 10.2 Å². The van der Waals surface area contributed by atoms with Crippen molar-refractivity contribution in [3.8, 4) is 0 Å². The molecule has 0 unspecified atom stereocenters. The second kappa shape index (κ2) is 8.20. The highest BCUT2D eigenvalue weighted by Gasteiger charge is 2.13. The van der Waals surface area contributed by atoms with Crippen LogP contribution < -0.4 is 9.60 Å². The molecule has 0 radical (unpaired) electrons. The molecule has 0 saturated carbocycles. The molecule has 4 aromatic rings. The van der Waals surface area contributed by atoms with Gasteiger partial charge < -0.3 is 13.7 Å². The van der Waals surface area contributed by atoms with E-state index in [9.17, 15) is 25.9 Å².